The van der Waals surface area contributed by atoms with Crippen LogP contribution in [0.15, 0.2) is 71.6 Å². The summed E-state index contributed by atoms with van der Waals surface area (Å²) < 4.78 is 28.8. The summed E-state index contributed by atoms with van der Waals surface area (Å²) in [6.45, 7) is 2.03. The molecule has 3 aromatic rings. The molecule has 0 atom stereocenters. The molecule has 3 aromatic carbocycles. The monoisotopic (exact) mass is 425 g/mol. The standard InChI is InChI=1S/C23H23NO5S/c1-2-3-11-18-17(16-9-5-4-6-10-16)12-8-15-21(18)30(28,29)24-20-14-7-13-19(22(20)25)23(26)27/h4-10,12-15,24-25H,2-3,11H2,1H3,(H,26,27). The molecule has 0 amide bonds. The SMILES string of the molecule is CCCCc1c(-c2ccccc2)cccc1S(=O)(=O)Nc1cccc(C(=O)O)c1O. The lowest BCUT2D eigenvalue weighted by Crippen LogP contribution is -2.16. The van der Waals surface area contributed by atoms with Crippen LogP contribution in [-0.4, -0.2) is 24.6 Å². The Morgan fingerprint density at radius 1 is 0.967 bits per heavy atom. The molecule has 0 unspecified atom stereocenters. The lowest BCUT2D eigenvalue weighted by molar-refractivity contribution is 0.0694. The van der Waals surface area contributed by atoms with Crippen LogP contribution in [0, 0.1) is 0 Å². The minimum atomic E-state index is -4.07. The van der Waals surface area contributed by atoms with E-state index in [2.05, 4.69) is 4.72 Å². The van der Waals surface area contributed by atoms with Crippen LogP contribution in [0.4, 0.5) is 5.69 Å². The molecule has 0 aliphatic carbocycles. The van der Waals surface area contributed by atoms with Crippen molar-refractivity contribution in [3.05, 3.63) is 77.9 Å². The van der Waals surface area contributed by atoms with E-state index in [0.29, 0.717) is 12.0 Å². The predicted octanol–water partition coefficient (Wildman–Crippen LogP) is 4.90. The molecule has 0 aromatic heterocycles. The third kappa shape index (κ3) is 4.46. The Labute approximate surface area is 175 Å². The Hall–Kier alpha value is -3.32. The number of carbonyl (C=O) groups is 1. The summed E-state index contributed by atoms with van der Waals surface area (Å²) in [4.78, 5) is 11.4. The molecule has 3 rings (SSSR count). The van der Waals surface area contributed by atoms with Crippen LogP contribution < -0.4 is 4.72 Å². The van der Waals surface area contributed by atoms with Crippen molar-refractivity contribution in [3.63, 3.8) is 0 Å². The van der Waals surface area contributed by atoms with E-state index in [4.69, 9.17) is 0 Å². The molecule has 30 heavy (non-hydrogen) atoms. The Bertz CT molecular complexity index is 1160. The average molecular weight is 426 g/mol. The van der Waals surface area contributed by atoms with E-state index >= 15 is 0 Å². The van der Waals surface area contributed by atoms with Crippen molar-refractivity contribution in [3.8, 4) is 16.9 Å². The first kappa shape index (κ1) is 21.4. The zero-order valence-corrected chi connectivity index (χ0v) is 17.3. The predicted molar refractivity (Wildman–Crippen MR) is 116 cm³/mol. The molecule has 0 fully saturated rings. The number of aromatic hydroxyl groups is 1. The first-order valence-corrected chi connectivity index (χ1v) is 11.1. The second-order valence-electron chi connectivity index (χ2n) is 6.86. The second-order valence-corrected chi connectivity index (χ2v) is 8.52. The van der Waals surface area contributed by atoms with Gasteiger partial charge in [-0.3, -0.25) is 4.72 Å². The quantitative estimate of drug-likeness (QED) is 0.445. The molecule has 0 saturated heterocycles. The number of anilines is 1. The Morgan fingerprint density at radius 2 is 1.67 bits per heavy atom. The number of unbranched alkanes of at least 4 members (excludes halogenated alkanes) is 1. The first-order chi connectivity index (χ1) is 14.3. The van der Waals surface area contributed by atoms with Gasteiger partial charge in [-0.05, 0) is 47.7 Å². The molecule has 7 heteroatoms. The van der Waals surface area contributed by atoms with Crippen molar-refractivity contribution in [1.82, 2.24) is 0 Å². The van der Waals surface area contributed by atoms with Crippen LogP contribution in [0.2, 0.25) is 0 Å². The number of benzene rings is 3. The molecule has 0 saturated carbocycles. The highest BCUT2D eigenvalue weighted by Gasteiger charge is 2.23. The van der Waals surface area contributed by atoms with Gasteiger partial charge in [0.15, 0.2) is 5.75 Å². The number of aromatic carboxylic acids is 1. The van der Waals surface area contributed by atoms with Gasteiger partial charge >= 0.3 is 5.97 Å². The van der Waals surface area contributed by atoms with Crippen molar-refractivity contribution in [2.45, 2.75) is 31.1 Å². The van der Waals surface area contributed by atoms with E-state index in [9.17, 15) is 23.4 Å². The van der Waals surface area contributed by atoms with E-state index in [0.717, 1.165) is 24.0 Å². The molecule has 0 heterocycles. The zero-order chi connectivity index (χ0) is 21.7. The topological polar surface area (TPSA) is 104 Å². The summed E-state index contributed by atoms with van der Waals surface area (Å²) in [5.41, 5.74) is 1.87. The van der Waals surface area contributed by atoms with Crippen LogP contribution >= 0.6 is 0 Å². The number of hydrogen-bond acceptors (Lipinski definition) is 4. The normalized spacial score (nSPS) is 11.2. The molecule has 0 bridgehead atoms. The van der Waals surface area contributed by atoms with Gasteiger partial charge in [0.25, 0.3) is 10.0 Å². The minimum absolute atomic E-state index is 0.109. The average Bonchev–Trinajstić information content (AvgIpc) is 2.73. The van der Waals surface area contributed by atoms with Crippen LogP contribution in [0.1, 0.15) is 35.7 Å². The summed E-state index contributed by atoms with van der Waals surface area (Å²) in [7, 11) is -4.07. The largest absolute Gasteiger partial charge is 0.505 e. The molecule has 3 N–H and O–H groups in total. The summed E-state index contributed by atoms with van der Waals surface area (Å²) in [5.74, 6) is -1.97. The molecule has 156 valence electrons. The van der Waals surface area contributed by atoms with E-state index in [1.165, 1.54) is 24.3 Å². The third-order valence-corrected chi connectivity index (χ3v) is 6.25. The molecular weight excluding hydrogens is 402 g/mol. The van der Waals surface area contributed by atoms with Crippen LogP contribution in [0.3, 0.4) is 0 Å². The van der Waals surface area contributed by atoms with Gasteiger partial charge < -0.3 is 10.2 Å². The fraction of sp³-hybridized carbons (Fsp3) is 0.174. The van der Waals surface area contributed by atoms with E-state index in [1.54, 1.807) is 6.07 Å². The van der Waals surface area contributed by atoms with Gasteiger partial charge in [0.1, 0.15) is 5.56 Å². The molecule has 0 aliphatic heterocycles. The van der Waals surface area contributed by atoms with Crippen molar-refractivity contribution >= 4 is 21.7 Å². The highest BCUT2D eigenvalue weighted by molar-refractivity contribution is 7.92. The Kier molecular flexibility index (Phi) is 6.42. The lowest BCUT2D eigenvalue weighted by atomic mass is 9.96. The van der Waals surface area contributed by atoms with E-state index < -0.39 is 21.7 Å². The number of rotatable bonds is 8. The number of sulfonamides is 1. The number of carboxylic acid groups (broad SMARTS) is 1. The maximum Gasteiger partial charge on any atom is 0.339 e. The van der Waals surface area contributed by atoms with Gasteiger partial charge in [-0.2, -0.15) is 0 Å². The summed E-state index contributed by atoms with van der Waals surface area (Å²) in [6, 6.07) is 18.5. The zero-order valence-electron chi connectivity index (χ0n) is 16.5. The fourth-order valence-corrected chi connectivity index (χ4v) is 4.67. The summed E-state index contributed by atoms with van der Waals surface area (Å²) >= 11 is 0. The van der Waals surface area contributed by atoms with Crippen molar-refractivity contribution in [1.29, 1.82) is 0 Å². The molecule has 0 radical (unpaired) electrons. The van der Waals surface area contributed by atoms with E-state index in [1.807, 2.05) is 43.3 Å². The fourth-order valence-electron chi connectivity index (χ4n) is 3.32. The highest BCUT2D eigenvalue weighted by Crippen LogP contribution is 2.33. The maximum absolute atomic E-state index is 13.2. The van der Waals surface area contributed by atoms with E-state index in [-0.39, 0.29) is 16.1 Å². The molecule has 0 spiro atoms. The summed E-state index contributed by atoms with van der Waals surface area (Å²) in [6.07, 6.45) is 2.28. The van der Waals surface area contributed by atoms with Gasteiger partial charge in [0.05, 0.1) is 10.6 Å². The van der Waals surface area contributed by atoms with Crippen molar-refractivity contribution < 1.29 is 23.4 Å². The number of carboxylic acids is 1. The highest BCUT2D eigenvalue weighted by atomic mass is 32.2. The second kappa shape index (κ2) is 9.00. The molecule has 0 aliphatic rings. The van der Waals surface area contributed by atoms with Crippen molar-refractivity contribution in [2.24, 2.45) is 0 Å². The lowest BCUT2D eigenvalue weighted by Gasteiger charge is -2.17. The van der Waals surface area contributed by atoms with Gasteiger partial charge in [-0.15, -0.1) is 0 Å². The van der Waals surface area contributed by atoms with Gasteiger partial charge in [0.2, 0.25) is 0 Å². The smallest absolute Gasteiger partial charge is 0.339 e. The number of phenols is 1. The minimum Gasteiger partial charge on any atom is -0.505 e. The Morgan fingerprint density at radius 3 is 2.33 bits per heavy atom. The van der Waals surface area contributed by atoms with Crippen LogP contribution in [0.25, 0.3) is 11.1 Å². The maximum atomic E-state index is 13.2. The number of para-hydroxylation sites is 1. The van der Waals surface area contributed by atoms with Crippen LogP contribution in [-0.2, 0) is 16.4 Å². The Balaban J connectivity index is 2.10. The number of hydrogen-bond donors (Lipinski definition) is 3. The third-order valence-electron chi connectivity index (χ3n) is 4.80. The summed E-state index contributed by atoms with van der Waals surface area (Å²) in [5, 5.41) is 19.4. The first-order valence-electron chi connectivity index (χ1n) is 9.60. The van der Waals surface area contributed by atoms with Gasteiger partial charge in [-0.25, -0.2) is 13.2 Å². The molecule has 6 nitrogen and oxygen atoms in total. The van der Waals surface area contributed by atoms with Gasteiger partial charge in [0, 0.05) is 0 Å². The van der Waals surface area contributed by atoms with Gasteiger partial charge in [-0.1, -0.05) is 61.9 Å². The number of nitrogens with one attached hydrogen (secondary N) is 1. The van der Waals surface area contributed by atoms with Crippen molar-refractivity contribution in [2.75, 3.05) is 4.72 Å². The van der Waals surface area contributed by atoms with Crippen LogP contribution in [0.5, 0.6) is 5.75 Å². The molecular formula is C23H23NO5S.